The Balaban J connectivity index is 1.84. The lowest BCUT2D eigenvalue weighted by Gasteiger charge is -2.34. The van der Waals surface area contributed by atoms with Crippen molar-refractivity contribution in [3.8, 4) is 0 Å². The fraction of sp³-hybridized carbons (Fsp3) is 0.524. The molecule has 0 aliphatic carbocycles. The SMILES string of the molecule is CCCc1nn(Cc2ccccc2)c(C)c1C(=O)N1CCN(CC)CC1. The van der Waals surface area contributed by atoms with E-state index in [4.69, 9.17) is 5.10 Å². The fourth-order valence-electron chi connectivity index (χ4n) is 3.63. The second kappa shape index (κ2) is 8.49. The van der Waals surface area contributed by atoms with Crippen LogP contribution in [0.5, 0.6) is 0 Å². The number of rotatable bonds is 6. The number of amides is 1. The van der Waals surface area contributed by atoms with Crippen LogP contribution in [0.15, 0.2) is 30.3 Å². The lowest BCUT2D eigenvalue weighted by molar-refractivity contribution is 0.0641. The second-order valence-corrected chi connectivity index (χ2v) is 7.03. The van der Waals surface area contributed by atoms with Crippen LogP contribution >= 0.6 is 0 Å². The summed E-state index contributed by atoms with van der Waals surface area (Å²) in [5, 5.41) is 4.80. The molecule has 2 aromatic rings. The predicted octanol–water partition coefficient (Wildman–Crippen LogP) is 2.97. The summed E-state index contributed by atoms with van der Waals surface area (Å²) in [5.41, 5.74) is 3.97. The van der Waals surface area contributed by atoms with Crippen LogP contribution in [0.2, 0.25) is 0 Å². The zero-order valence-electron chi connectivity index (χ0n) is 16.2. The topological polar surface area (TPSA) is 41.4 Å². The molecule has 2 heterocycles. The highest BCUT2D eigenvalue weighted by Gasteiger charge is 2.27. The minimum atomic E-state index is 0.154. The van der Waals surface area contributed by atoms with Crippen molar-refractivity contribution in [3.63, 3.8) is 0 Å². The molecule has 140 valence electrons. The molecule has 0 spiro atoms. The highest BCUT2D eigenvalue weighted by Crippen LogP contribution is 2.20. The largest absolute Gasteiger partial charge is 0.336 e. The quantitative estimate of drug-likeness (QED) is 0.801. The van der Waals surface area contributed by atoms with Crippen molar-refractivity contribution in [3.05, 3.63) is 52.8 Å². The van der Waals surface area contributed by atoms with Crippen LogP contribution in [0.3, 0.4) is 0 Å². The molecule has 1 aromatic heterocycles. The number of benzene rings is 1. The molecule has 26 heavy (non-hydrogen) atoms. The molecule has 1 aliphatic rings. The Morgan fingerprint density at radius 3 is 2.38 bits per heavy atom. The van der Waals surface area contributed by atoms with Gasteiger partial charge in [0, 0.05) is 31.9 Å². The molecular weight excluding hydrogens is 324 g/mol. The summed E-state index contributed by atoms with van der Waals surface area (Å²) in [5.74, 6) is 0.154. The van der Waals surface area contributed by atoms with Crippen LogP contribution in [-0.4, -0.2) is 58.2 Å². The Morgan fingerprint density at radius 2 is 1.77 bits per heavy atom. The minimum absolute atomic E-state index is 0.154. The van der Waals surface area contributed by atoms with Crippen molar-refractivity contribution in [1.82, 2.24) is 19.6 Å². The number of hydrogen-bond donors (Lipinski definition) is 0. The number of likely N-dealkylation sites (N-methyl/N-ethyl adjacent to an activating group) is 1. The molecule has 1 amide bonds. The summed E-state index contributed by atoms with van der Waals surface area (Å²) in [6.07, 6.45) is 1.84. The van der Waals surface area contributed by atoms with Crippen LogP contribution in [0.25, 0.3) is 0 Å². The molecule has 0 N–H and O–H groups in total. The lowest BCUT2D eigenvalue weighted by Crippen LogP contribution is -2.48. The van der Waals surface area contributed by atoms with Crippen LogP contribution in [0, 0.1) is 6.92 Å². The van der Waals surface area contributed by atoms with Gasteiger partial charge < -0.3 is 9.80 Å². The maximum Gasteiger partial charge on any atom is 0.257 e. The number of carbonyl (C=O) groups is 1. The molecule has 0 atom stereocenters. The summed E-state index contributed by atoms with van der Waals surface area (Å²) in [4.78, 5) is 17.6. The molecule has 1 saturated heterocycles. The average molecular weight is 354 g/mol. The first-order valence-electron chi connectivity index (χ1n) is 9.75. The van der Waals surface area contributed by atoms with Crippen LogP contribution in [0.1, 0.15) is 47.6 Å². The number of nitrogens with zero attached hydrogens (tertiary/aromatic N) is 4. The number of carbonyl (C=O) groups excluding carboxylic acids is 1. The van der Waals surface area contributed by atoms with Gasteiger partial charge in [-0.1, -0.05) is 50.6 Å². The molecule has 0 saturated carbocycles. The predicted molar refractivity (Wildman–Crippen MR) is 105 cm³/mol. The summed E-state index contributed by atoms with van der Waals surface area (Å²) in [6, 6.07) is 10.3. The van der Waals surface area contributed by atoms with Gasteiger partial charge in [0.05, 0.1) is 17.8 Å². The van der Waals surface area contributed by atoms with E-state index in [2.05, 4.69) is 30.9 Å². The average Bonchev–Trinajstić information content (AvgIpc) is 2.97. The zero-order chi connectivity index (χ0) is 18.5. The van der Waals surface area contributed by atoms with E-state index in [1.165, 1.54) is 5.56 Å². The van der Waals surface area contributed by atoms with E-state index < -0.39 is 0 Å². The van der Waals surface area contributed by atoms with E-state index >= 15 is 0 Å². The summed E-state index contributed by atoms with van der Waals surface area (Å²) in [7, 11) is 0. The Hall–Kier alpha value is -2.14. The van der Waals surface area contributed by atoms with Crippen LogP contribution in [0.4, 0.5) is 0 Å². The maximum atomic E-state index is 13.2. The highest BCUT2D eigenvalue weighted by molar-refractivity contribution is 5.96. The Labute approximate surface area is 156 Å². The molecule has 0 bridgehead atoms. The number of aromatic nitrogens is 2. The van der Waals surface area contributed by atoms with Crippen molar-refractivity contribution in [2.24, 2.45) is 0 Å². The van der Waals surface area contributed by atoms with Crippen molar-refractivity contribution in [2.75, 3.05) is 32.7 Å². The smallest absolute Gasteiger partial charge is 0.257 e. The fourth-order valence-corrected chi connectivity index (χ4v) is 3.63. The summed E-state index contributed by atoms with van der Waals surface area (Å²) < 4.78 is 2.00. The molecule has 0 unspecified atom stereocenters. The van der Waals surface area contributed by atoms with Gasteiger partial charge >= 0.3 is 0 Å². The maximum absolute atomic E-state index is 13.2. The van der Waals surface area contributed by atoms with Gasteiger partial charge in [-0.3, -0.25) is 9.48 Å². The van der Waals surface area contributed by atoms with Gasteiger partial charge in [-0.15, -0.1) is 0 Å². The second-order valence-electron chi connectivity index (χ2n) is 7.03. The summed E-state index contributed by atoms with van der Waals surface area (Å²) >= 11 is 0. The molecule has 1 aliphatic heterocycles. The summed E-state index contributed by atoms with van der Waals surface area (Å²) in [6.45, 7) is 11.6. The Kier molecular flexibility index (Phi) is 6.09. The van der Waals surface area contributed by atoms with Crippen LogP contribution in [-0.2, 0) is 13.0 Å². The number of hydrogen-bond acceptors (Lipinski definition) is 3. The third-order valence-electron chi connectivity index (χ3n) is 5.26. The molecule has 5 nitrogen and oxygen atoms in total. The Morgan fingerprint density at radius 1 is 1.08 bits per heavy atom. The van der Waals surface area contributed by atoms with E-state index in [1.54, 1.807) is 0 Å². The van der Waals surface area contributed by atoms with E-state index in [9.17, 15) is 4.79 Å². The zero-order valence-corrected chi connectivity index (χ0v) is 16.2. The first-order valence-corrected chi connectivity index (χ1v) is 9.75. The third-order valence-corrected chi connectivity index (χ3v) is 5.26. The molecule has 5 heteroatoms. The van der Waals surface area contributed by atoms with Crippen molar-refractivity contribution in [2.45, 2.75) is 40.2 Å². The highest BCUT2D eigenvalue weighted by atomic mass is 16.2. The van der Waals surface area contributed by atoms with Crippen molar-refractivity contribution in [1.29, 1.82) is 0 Å². The van der Waals surface area contributed by atoms with E-state index in [0.717, 1.165) is 62.5 Å². The van der Waals surface area contributed by atoms with E-state index in [-0.39, 0.29) is 5.91 Å². The standard InChI is InChI=1S/C21H30N4O/c1-4-9-19-20(21(26)24-14-12-23(5-2)13-15-24)17(3)25(22-19)16-18-10-7-6-8-11-18/h6-8,10-11H,4-5,9,12-16H2,1-3H3. The van der Waals surface area contributed by atoms with Crippen LogP contribution < -0.4 is 0 Å². The lowest BCUT2D eigenvalue weighted by atomic mass is 10.1. The van der Waals surface area contributed by atoms with Gasteiger partial charge in [0.15, 0.2) is 0 Å². The molecule has 1 aromatic carbocycles. The first kappa shape index (κ1) is 18.6. The van der Waals surface area contributed by atoms with Crippen molar-refractivity contribution < 1.29 is 4.79 Å². The molecule has 1 fully saturated rings. The van der Waals surface area contributed by atoms with E-state index in [0.29, 0.717) is 6.54 Å². The molecule has 0 radical (unpaired) electrons. The van der Waals surface area contributed by atoms with E-state index in [1.807, 2.05) is 34.7 Å². The van der Waals surface area contributed by atoms with Gasteiger partial charge in [0.2, 0.25) is 0 Å². The van der Waals surface area contributed by atoms with Gasteiger partial charge in [-0.2, -0.15) is 5.10 Å². The van der Waals surface area contributed by atoms with Crippen molar-refractivity contribution >= 4 is 5.91 Å². The van der Waals surface area contributed by atoms with Gasteiger partial charge in [-0.05, 0) is 25.5 Å². The third kappa shape index (κ3) is 3.98. The van der Waals surface area contributed by atoms with Gasteiger partial charge in [0.1, 0.15) is 0 Å². The monoisotopic (exact) mass is 354 g/mol. The minimum Gasteiger partial charge on any atom is -0.336 e. The normalized spacial score (nSPS) is 15.4. The number of aryl methyl sites for hydroxylation is 1. The molecular formula is C21H30N4O. The molecule has 3 rings (SSSR count). The first-order chi connectivity index (χ1) is 12.6. The Bertz CT molecular complexity index is 730. The number of piperazine rings is 1. The van der Waals surface area contributed by atoms with Gasteiger partial charge in [-0.25, -0.2) is 0 Å². The van der Waals surface area contributed by atoms with Gasteiger partial charge in [0.25, 0.3) is 5.91 Å².